The van der Waals surface area contributed by atoms with Gasteiger partial charge in [-0.3, -0.25) is 4.79 Å². The third-order valence-corrected chi connectivity index (χ3v) is 2.84. The minimum Gasteiger partial charge on any atom is -0.479 e. The second-order valence-corrected chi connectivity index (χ2v) is 3.95. The van der Waals surface area contributed by atoms with E-state index in [9.17, 15) is 14.7 Å². The predicted molar refractivity (Wildman–Crippen MR) is 64.1 cm³/mol. The smallest absolute Gasteiger partial charge is 0.337 e. The number of carbonyl (C=O) groups is 2. The molecule has 5 heteroatoms. The summed E-state index contributed by atoms with van der Waals surface area (Å²) in [5, 5.41) is 18.3. The number of hydrogen-bond acceptors (Lipinski definition) is 4. The molecular weight excluding hydrogens is 236 g/mol. The summed E-state index contributed by atoms with van der Waals surface area (Å²) >= 11 is 0. The molecule has 1 unspecified atom stereocenters. The van der Waals surface area contributed by atoms with Crippen molar-refractivity contribution in [3.8, 4) is 0 Å². The first-order valence-electron chi connectivity index (χ1n) is 5.53. The van der Waals surface area contributed by atoms with E-state index in [4.69, 9.17) is 5.11 Å². The zero-order chi connectivity index (χ0) is 13.7. The number of aliphatic carboxylic acids is 1. The van der Waals surface area contributed by atoms with Crippen molar-refractivity contribution in [3.05, 3.63) is 34.9 Å². The van der Waals surface area contributed by atoms with Crippen LogP contribution in [0.2, 0.25) is 0 Å². The summed E-state index contributed by atoms with van der Waals surface area (Å²) in [5.41, 5.74) is 1.87. The Morgan fingerprint density at radius 3 is 2.61 bits per heavy atom. The van der Waals surface area contributed by atoms with Crippen LogP contribution in [0.15, 0.2) is 18.2 Å². The number of hydrogen-bond donors (Lipinski definition) is 2. The summed E-state index contributed by atoms with van der Waals surface area (Å²) in [6.45, 7) is 1.73. The molecule has 1 rings (SSSR count). The van der Waals surface area contributed by atoms with Gasteiger partial charge in [0.2, 0.25) is 0 Å². The summed E-state index contributed by atoms with van der Waals surface area (Å²) in [6.07, 6.45) is -0.856. The number of methoxy groups -OCH3 is 1. The van der Waals surface area contributed by atoms with Crippen LogP contribution >= 0.6 is 0 Å². The number of carboxylic acids is 1. The van der Waals surface area contributed by atoms with Gasteiger partial charge in [-0.2, -0.15) is 0 Å². The number of ether oxygens (including phenoxy) is 1. The molecule has 1 atom stereocenters. The lowest BCUT2D eigenvalue weighted by molar-refractivity contribution is -0.147. The van der Waals surface area contributed by atoms with Gasteiger partial charge in [-0.15, -0.1) is 0 Å². The molecule has 0 saturated carbocycles. The maximum absolute atomic E-state index is 11.1. The summed E-state index contributed by atoms with van der Waals surface area (Å²) in [7, 11) is 1.32. The zero-order valence-electron chi connectivity index (χ0n) is 10.3. The zero-order valence-corrected chi connectivity index (χ0v) is 10.3. The molecule has 2 N–H and O–H groups in total. The van der Waals surface area contributed by atoms with Gasteiger partial charge in [0.15, 0.2) is 6.10 Å². The first-order chi connectivity index (χ1) is 8.47. The van der Waals surface area contributed by atoms with Gasteiger partial charge >= 0.3 is 11.9 Å². The van der Waals surface area contributed by atoms with E-state index in [1.165, 1.54) is 7.11 Å². The van der Waals surface area contributed by atoms with E-state index >= 15 is 0 Å². The highest BCUT2D eigenvalue weighted by atomic mass is 16.5. The molecule has 1 aromatic carbocycles. The van der Waals surface area contributed by atoms with Gasteiger partial charge in [0.25, 0.3) is 0 Å². The number of benzene rings is 1. The summed E-state index contributed by atoms with van der Waals surface area (Å²) in [6, 6.07) is 5.03. The van der Waals surface area contributed by atoms with Crippen LogP contribution in [0, 0.1) is 6.92 Å². The summed E-state index contributed by atoms with van der Waals surface area (Å²) in [5.74, 6) is -1.61. The number of aliphatic hydroxyl groups is 1. The van der Waals surface area contributed by atoms with Crippen LogP contribution in [0.4, 0.5) is 0 Å². The van der Waals surface area contributed by atoms with E-state index in [-0.39, 0.29) is 12.4 Å². The molecule has 0 aliphatic carbocycles. The highest BCUT2D eigenvalue weighted by Gasteiger charge is 2.19. The average molecular weight is 252 g/mol. The SMILES string of the molecule is COC(=O)CCc1cccc(C(O)C(=O)O)c1C. The fourth-order valence-electron chi connectivity index (χ4n) is 1.74. The third-order valence-electron chi connectivity index (χ3n) is 2.84. The van der Waals surface area contributed by atoms with Gasteiger partial charge in [-0.25, -0.2) is 4.79 Å². The Bertz CT molecular complexity index is 453. The summed E-state index contributed by atoms with van der Waals surface area (Å²) < 4.78 is 4.55. The quantitative estimate of drug-likeness (QED) is 0.770. The van der Waals surface area contributed by atoms with Crippen LogP contribution in [0.3, 0.4) is 0 Å². The lowest BCUT2D eigenvalue weighted by atomic mass is 9.96. The van der Waals surface area contributed by atoms with E-state index in [1.807, 2.05) is 0 Å². The number of carboxylic acid groups (broad SMARTS) is 1. The van der Waals surface area contributed by atoms with Crippen molar-refractivity contribution in [1.29, 1.82) is 0 Å². The minimum absolute atomic E-state index is 0.226. The Morgan fingerprint density at radius 1 is 1.39 bits per heavy atom. The summed E-state index contributed by atoms with van der Waals surface area (Å²) in [4.78, 5) is 21.8. The van der Waals surface area contributed by atoms with Crippen molar-refractivity contribution in [1.82, 2.24) is 0 Å². The lowest BCUT2D eigenvalue weighted by Crippen LogP contribution is -2.13. The van der Waals surface area contributed by atoms with Gasteiger partial charge in [-0.05, 0) is 30.0 Å². The molecule has 0 aromatic heterocycles. The Labute approximate surface area is 105 Å². The monoisotopic (exact) mass is 252 g/mol. The van der Waals surface area contributed by atoms with Gasteiger partial charge < -0.3 is 14.9 Å². The van der Waals surface area contributed by atoms with Crippen LogP contribution in [0.25, 0.3) is 0 Å². The molecule has 18 heavy (non-hydrogen) atoms. The molecule has 1 aromatic rings. The Morgan fingerprint density at radius 2 is 2.06 bits per heavy atom. The van der Waals surface area contributed by atoms with Crippen LogP contribution in [0.5, 0.6) is 0 Å². The molecule has 0 aliphatic heterocycles. The maximum atomic E-state index is 11.1. The highest BCUT2D eigenvalue weighted by Crippen LogP contribution is 2.22. The van der Waals surface area contributed by atoms with Crippen LogP contribution < -0.4 is 0 Å². The molecule has 98 valence electrons. The molecule has 0 spiro atoms. The second-order valence-electron chi connectivity index (χ2n) is 3.95. The molecule has 0 radical (unpaired) electrons. The Hall–Kier alpha value is -1.88. The van der Waals surface area contributed by atoms with E-state index in [2.05, 4.69) is 4.74 Å². The number of rotatable bonds is 5. The maximum Gasteiger partial charge on any atom is 0.337 e. The van der Waals surface area contributed by atoms with E-state index in [0.717, 1.165) is 5.56 Å². The van der Waals surface area contributed by atoms with Crippen molar-refractivity contribution in [2.24, 2.45) is 0 Å². The van der Waals surface area contributed by atoms with Gasteiger partial charge in [0.1, 0.15) is 0 Å². The molecule has 0 amide bonds. The number of carbonyl (C=O) groups excluding carboxylic acids is 1. The standard InChI is InChI=1S/C13H16O5/c1-8-9(6-7-11(14)18-2)4-3-5-10(8)12(15)13(16)17/h3-5,12,15H,6-7H2,1-2H3,(H,16,17). The number of esters is 1. The fraction of sp³-hybridized carbons (Fsp3) is 0.385. The van der Waals surface area contributed by atoms with Gasteiger partial charge in [0, 0.05) is 6.42 Å². The first kappa shape index (κ1) is 14.2. The van der Waals surface area contributed by atoms with Crippen LogP contribution in [0.1, 0.15) is 29.2 Å². The van der Waals surface area contributed by atoms with Crippen molar-refractivity contribution in [3.63, 3.8) is 0 Å². The molecular formula is C13H16O5. The highest BCUT2D eigenvalue weighted by molar-refractivity contribution is 5.75. The fourth-order valence-corrected chi connectivity index (χ4v) is 1.74. The van der Waals surface area contributed by atoms with E-state index in [1.54, 1.807) is 25.1 Å². The van der Waals surface area contributed by atoms with Gasteiger partial charge in [0.05, 0.1) is 7.11 Å². The normalized spacial score (nSPS) is 11.9. The topological polar surface area (TPSA) is 83.8 Å². The van der Waals surface area contributed by atoms with Crippen molar-refractivity contribution in [2.45, 2.75) is 25.9 Å². The van der Waals surface area contributed by atoms with Gasteiger partial charge in [-0.1, -0.05) is 18.2 Å². The first-order valence-corrected chi connectivity index (χ1v) is 5.53. The minimum atomic E-state index is -1.54. The molecule has 0 aliphatic rings. The molecule has 0 saturated heterocycles. The third kappa shape index (κ3) is 3.30. The predicted octanol–water partition coefficient (Wildman–Crippen LogP) is 1.22. The molecule has 0 bridgehead atoms. The lowest BCUT2D eigenvalue weighted by Gasteiger charge is -2.13. The number of aliphatic hydroxyl groups excluding tert-OH is 1. The van der Waals surface area contributed by atoms with Crippen LogP contribution in [-0.4, -0.2) is 29.3 Å². The molecule has 0 fully saturated rings. The number of aryl methyl sites for hydroxylation is 1. The van der Waals surface area contributed by atoms with Crippen LogP contribution in [-0.2, 0) is 20.7 Å². The van der Waals surface area contributed by atoms with E-state index < -0.39 is 12.1 Å². The Kier molecular flexibility index (Phi) is 4.85. The average Bonchev–Trinajstić information content (AvgIpc) is 2.36. The van der Waals surface area contributed by atoms with Crippen molar-refractivity contribution < 1.29 is 24.5 Å². The Balaban J connectivity index is 2.91. The largest absolute Gasteiger partial charge is 0.479 e. The molecule has 0 heterocycles. The molecule has 5 nitrogen and oxygen atoms in total. The van der Waals surface area contributed by atoms with E-state index in [0.29, 0.717) is 17.5 Å². The van der Waals surface area contributed by atoms with Crippen molar-refractivity contribution >= 4 is 11.9 Å². The van der Waals surface area contributed by atoms with Crippen molar-refractivity contribution in [2.75, 3.05) is 7.11 Å². The second kappa shape index (κ2) is 6.16.